The van der Waals surface area contributed by atoms with Crippen molar-refractivity contribution in [2.75, 3.05) is 19.8 Å². The number of aliphatic hydroxyl groups is 1. The molecule has 0 bridgehead atoms. The molecule has 0 aliphatic rings. The molecule has 0 aliphatic heterocycles. The maximum atomic E-state index is 8.95. The van der Waals surface area contributed by atoms with Crippen molar-refractivity contribution in [2.45, 2.75) is 6.42 Å². The Bertz CT molecular complexity index is 978. The number of aliphatic hydroxyl groups excluding tert-OH is 1. The largest absolute Gasteiger partial charge is 0.491 e. The third kappa shape index (κ3) is 5.48. The van der Waals surface area contributed by atoms with Gasteiger partial charge >= 0.3 is 0 Å². The zero-order valence-corrected chi connectivity index (χ0v) is 16.1. The van der Waals surface area contributed by atoms with Gasteiger partial charge in [-0.05, 0) is 51.9 Å². The quantitative estimate of drug-likeness (QED) is 0.221. The molecule has 0 aliphatic carbocycles. The van der Waals surface area contributed by atoms with Crippen LogP contribution in [-0.2, 0) is 0 Å². The van der Waals surface area contributed by atoms with E-state index in [1.165, 1.54) is 0 Å². The maximum absolute atomic E-state index is 8.95. The fourth-order valence-corrected chi connectivity index (χ4v) is 3.26. The SMILES string of the molecule is [N-]=[N+]=NCCC(=C(c1ccccc1)c1ccc(OCCO)cc1)c1ccccc1. The fraction of sp³-hybridized carbons (Fsp3) is 0.167. The second-order valence-corrected chi connectivity index (χ2v) is 6.39. The summed E-state index contributed by atoms with van der Waals surface area (Å²) >= 11 is 0. The van der Waals surface area contributed by atoms with Gasteiger partial charge in [0.1, 0.15) is 12.4 Å². The summed E-state index contributed by atoms with van der Waals surface area (Å²) in [5.41, 5.74) is 14.2. The molecule has 0 amide bonds. The molecule has 3 aromatic rings. The van der Waals surface area contributed by atoms with Crippen molar-refractivity contribution in [3.8, 4) is 5.75 Å². The molecule has 0 aromatic heterocycles. The van der Waals surface area contributed by atoms with E-state index in [4.69, 9.17) is 15.4 Å². The molecular weight excluding hydrogens is 362 g/mol. The second kappa shape index (κ2) is 10.7. The van der Waals surface area contributed by atoms with Gasteiger partial charge in [-0.3, -0.25) is 0 Å². The van der Waals surface area contributed by atoms with Crippen LogP contribution in [0.15, 0.2) is 90.0 Å². The highest BCUT2D eigenvalue weighted by Gasteiger charge is 2.14. The van der Waals surface area contributed by atoms with Crippen LogP contribution in [0.2, 0.25) is 0 Å². The minimum atomic E-state index is -0.0194. The fourth-order valence-electron chi connectivity index (χ4n) is 3.26. The Balaban J connectivity index is 2.14. The lowest BCUT2D eigenvalue weighted by Gasteiger charge is -2.17. The smallest absolute Gasteiger partial charge is 0.119 e. The predicted octanol–water partition coefficient (Wildman–Crippen LogP) is 5.72. The van der Waals surface area contributed by atoms with Gasteiger partial charge in [0.15, 0.2) is 0 Å². The number of ether oxygens (including phenoxy) is 1. The average molecular weight is 385 g/mol. The summed E-state index contributed by atoms with van der Waals surface area (Å²) in [4.78, 5) is 2.91. The second-order valence-electron chi connectivity index (χ2n) is 6.39. The molecule has 0 heterocycles. The van der Waals surface area contributed by atoms with Crippen molar-refractivity contribution in [1.82, 2.24) is 0 Å². The molecule has 3 aromatic carbocycles. The van der Waals surface area contributed by atoms with Crippen LogP contribution in [0.3, 0.4) is 0 Å². The molecule has 0 atom stereocenters. The summed E-state index contributed by atoms with van der Waals surface area (Å²) in [5, 5.41) is 12.7. The number of hydrogen-bond donors (Lipinski definition) is 1. The Labute approximate surface area is 170 Å². The minimum Gasteiger partial charge on any atom is -0.491 e. The normalized spacial score (nSPS) is 11.3. The zero-order valence-electron chi connectivity index (χ0n) is 16.1. The lowest BCUT2D eigenvalue weighted by molar-refractivity contribution is 0.201. The van der Waals surface area contributed by atoms with E-state index in [9.17, 15) is 0 Å². The van der Waals surface area contributed by atoms with Crippen molar-refractivity contribution in [3.05, 3.63) is 112 Å². The van der Waals surface area contributed by atoms with Crippen LogP contribution in [0, 0.1) is 0 Å². The van der Waals surface area contributed by atoms with E-state index >= 15 is 0 Å². The predicted molar refractivity (Wildman–Crippen MR) is 116 cm³/mol. The van der Waals surface area contributed by atoms with Gasteiger partial charge in [0.2, 0.25) is 0 Å². The maximum Gasteiger partial charge on any atom is 0.119 e. The Kier molecular flexibility index (Phi) is 7.47. The summed E-state index contributed by atoms with van der Waals surface area (Å²) in [7, 11) is 0. The van der Waals surface area contributed by atoms with Crippen LogP contribution in [0.1, 0.15) is 23.1 Å². The molecule has 0 unspecified atom stereocenters. The van der Waals surface area contributed by atoms with Gasteiger partial charge in [-0.1, -0.05) is 77.9 Å². The molecule has 3 rings (SSSR count). The molecule has 1 N–H and O–H groups in total. The van der Waals surface area contributed by atoms with E-state index in [1.807, 2.05) is 60.7 Å². The van der Waals surface area contributed by atoms with E-state index in [2.05, 4.69) is 34.3 Å². The molecule has 5 heteroatoms. The zero-order chi connectivity index (χ0) is 20.3. The van der Waals surface area contributed by atoms with Crippen molar-refractivity contribution in [2.24, 2.45) is 5.11 Å². The highest BCUT2D eigenvalue weighted by Crippen LogP contribution is 2.35. The minimum absolute atomic E-state index is 0.0194. The highest BCUT2D eigenvalue weighted by atomic mass is 16.5. The van der Waals surface area contributed by atoms with Crippen LogP contribution in [0.4, 0.5) is 0 Å². The number of rotatable bonds is 9. The summed E-state index contributed by atoms with van der Waals surface area (Å²) in [6.07, 6.45) is 0.626. The van der Waals surface area contributed by atoms with Crippen LogP contribution in [0.25, 0.3) is 21.6 Å². The molecule has 146 valence electrons. The summed E-state index contributed by atoms with van der Waals surface area (Å²) in [5.74, 6) is 0.713. The van der Waals surface area contributed by atoms with Crippen LogP contribution < -0.4 is 4.74 Å². The van der Waals surface area contributed by atoms with E-state index in [0.29, 0.717) is 18.7 Å². The van der Waals surface area contributed by atoms with Crippen molar-refractivity contribution in [1.29, 1.82) is 0 Å². The summed E-state index contributed by atoms with van der Waals surface area (Å²) < 4.78 is 5.50. The summed E-state index contributed by atoms with van der Waals surface area (Å²) in [6.45, 7) is 0.630. The first-order valence-corrected chi connectivity index (χ1v) is 9.52. The third-order valence-electron chi connectivity index (χ3n) is 4.51. The molecule has 5 nitrogen and oxygen atoms in total. The van der Waals surface area contributed by atoms with Gasteiger partial charge in [-0.15, -0.1) is 0 Å². The molecule has 0 spiro atoms. The molecule has 29 heavy (non-hydrogen) atoms. The Morgan fingerprint density at radius 3 is 2.00 bits per heavy atom. The first kappa shape index (κ1) is 20.2. The number of benzene rings is 3. The van der Waals surface area contributed by atoms with E-state index in [1.54, 1.807) is 0 Å². The van der Waals surface area contributed by atoms with Gasteiger partial charge < -0.3 is 9.84 Å². The van der Waals surface area contributed by atoms with Crippen molar-refractivity contribution < 1.29 is 9.84 Å². The molecular formula is C24H23N3O2. The number of hydrogen-bond acceptors (Lipinski definition) is 3. The van der Waals surface area contributed by atoms with Crippen molar-refractivity contribution >= 4 is 11.1 Å². The van der Waals surface area contributed by atoms with Crippen molar-refractivity contribution in [3.63, 3.8) is 0 Å². The molecule has 0 saturated carbocycles. The van der Waals surface area contributed by atoms with Gasteiger partial charge in [-0.25, -0.2) is 0 Å². The number of azide groups is 1. The monoisotopic (exact) mass is 385 g/mol. The van der Waals surface area contributed by atoms with Gasteiger partial charge in [0.25, 0.3) is 0 Å². The van der Waals surface area contributed by atoms with E-state index in [0.717, 1.165) is 27.8 Å². The lowest BCUT2D eigenvalue weighted by atomic mass is 9.88. The summed E-state index contributed by atoms with van der Waals surface area (Å²) in [6, 6.07) is 28.2. The standard InChI is InChI=1S/C24H23N3O2/c25-27-26-16-15-23(19-7-3-1-4-8-19)24(20-9-5-2-6-10-20)21-11-13-22(14-12-21)29-18-17-28/h1-14,28H,15-18H2. The molecule has 0 radical (unpaired) electrons. The highest BCUT2D eigenvalue weighted by molar-refractivity contribution is 5.98. The third-order valence-corrected chi connectivity index (χ3v) is 4.51. The van der Waals surface area contributed by atoms with Crippen LogP contribution in [-0.4, -0.2) is 24.9 Å². The van der Waals surface area contributed by atoms with E-state index in [-0.39, 0.29) is 13.2 Å². The molecule has 0 saturated heterocycles. The molecule has 0 fully saturated rings. The van der Waals surface area contributed by atoms with Crippen LogP contribution in [0.5, 0.6) is 5.75 Å². The average Bonchev–Trinajstić information content (AvgIpc) is 2.79. The number of nitrogens with zero attached hydrogens (tertiary/aromatic N) is 3. The van der Waals surface area contributed by atoms with Gasteiger partial charge in [0.05, 0.1) is 6.61 Å². The lowest BCUT2D eigenvalue weighted by Crippen LogP contribution is -2.02. The van der Waals surface area contributed by atoms with Gasteiger partial charge in [-0.2, -0.15) is 0 Å². The van der Waals surface area contributed by atoms with E-state index < -0.39 is 0 Å². The Morgan fingerprint density at radius 2 is 1.41 bits per heavy atom. The topological polar surface area (TPSA) is 78.2 Å². The Morgan fingerprint density at radius 1 is 0.828 bits per heavy atom. The Hall–Kier alpha value is -3.53. The first-order chi connectivity index (χ1) is 14.3. The van der Waals surface area contributed by atoms with Gasteiger partial charge in [0, 0.05) is 11.5 Å². The van der Waals surface area contributed by atoms with Crippen LogP contribution >= 0.6 is 0 Å². The first-order valence-electron chi connectivity index (χ1n) is 9.52.